The van der Waals surface area contributed by atoms with Crippen LogP contribution in [0.3, 0.4) is 0 Å². The number of fused-ring (bicyclic) bond motifs is 3. The second-order valence-corrected chi connectivity index (χ2v) is 8.00. The van der Waals surface area contributed by atoms with Gasteiger partial charge in [-0.1, -0.05) is 54.6 Å². The van der Waals surface area contributed by atoms with Crippen molar-refractivity contribution in [3.05, 3.63) is 72.3 Å². The minimum atomic E-state index is -1.20. The molecule has 0 fully saturated rings. The van der Waals surface area contributed by atoms with Crippen molar-refractivity contribution in [1.29, 1.82) is 5.26 Å². The number of carbonyl (C=O) groups excluding carboxylic acids is 2. The molecule has 176 valence electrons. The molecule has 0 aliphatic heterocycles. The summed E-state index contributed by atoms with van der Waals surface area (Å²) >= 11 is 0. The fourth-order valence-corrected chi connectivity index (χ4v) is 4.10. The lowest BCUT2D eigenvalue weighted by molar-refractivity contribution is -0.142. The van der Waals surface area contributed by atoms with E-state index in [0.29, 0.717) is 6.42 Å². The van der Waals surface area contributed by atoms with E-state index in [1.165, 1.54) is 6.08 Å². The van der Waals surface area contributed by atoms with E-state index >= 15 is 0 Å². The molecule has 0 saturated heterocycles. The summed E-state index contributed by atoms with van der Waals surface area (Å²) in [4.78, 5) is 36.7. The highest BCUT2D eigenvalue weighted by molar-refractivity contribution is 5.89. The molecule has 8 nitrogen and oxygen atoms in total. The molecule has 0 saturated carbocycles. The number of hydrogen-bond acceptors (Lipinski definition) is 5. The van der Waals surface area contributed by atoms with Gasteiger partial charge in [0.15, 0.2) is 0 Å². The van der Waals surface area contributed by atoms with Gasteiger partial charge in [-0.2, -0.15) is 5.26 Å². The summed E-state index contributed by atoms with van der Waals surface area (Å²) in [5.74, 6) is -1.99. The molecule has 3 rings (SSSR count). The maximum absolute atomic E-state index is 12.7. The number of nitrogens with zero attached hydrogens (tertiary/aromatic N) is 1. The average Bonchev–Trinajstić information content (AvgIpc) is 3.15. The molecule has 2 unspecified atom stereocenters. The monoisotopic (exact) mass is 461 g/mol. The number of nitrogens with one attached hydrogen (secondary N) is 2. The van der Waals surface area contributed by atoms with Crippen LogP contribution in [-0.2, 0) is 14.3 Å². The maximum Gasteiger partial charge on any atom is 0.407 e. The number of carboxylic acids is 1. The van der Waals surface area contributed by atoms with Crippen molar-refractivity contribution in [2.24, 2.45) is 0 Å². The smallest absolute Gasteiger partial charge is 0.407 e. The molecule has 0 bridgehead atoms. The van der Waals surface area contributed by atoms with Crippen LogP contribution in [0, 0.1) is 11.3 Å². The number of ether oxygens (including phenoxy) is 1. The third-order valence-electron chi connectivity index (χ3n) is 5.75. The number of carboxylic acid groups (broad SMARTS) is 1. The molecule has 34 heavy (non-hydrogen) atoms. The number of carbonyl (C=O) groups is 3. The largest absolute Gasteiger partial charge is 0.480 e. The summed E-state index contributed by atoms with van der Waals surface area (Å²) in [6.07, 6.45) is 1.38. The molecule has 0 heterocycles. The maximum atomic E-state index is 12.7. The standard InChI is InChI=1S/C26H27N3O5/c1-2-9-23(25(31)32)28-24(30)22(14-7-8-15-27)29-26(33)34-16-21-19-12-5-3-10-17(19)18-11-4-6-13-20(18)21/h2-6,10-13,21-23H,1,7-9,14,16H2,(H,28,30)(H,29,33)(H,31,32). The van der Waals surface area contributed by atoms with Crippen LogP contribution in [0.5, 0.6) is 0 Å². The predicted molar refractivity (Wildman–Crippen MR) is 126 cm³/mol. The quantitative estimate of drug-likeness (QED) is 0.345. The first kappa shape index (κ1) is 24.5. The third-order valence-corrected chi connectivity index (χ3v) is 5.75. The molecular formula is C26H27N3O5. The van der Waals surface area contributed by atoms with E-state index in [1.54, 1.807) is 0 Å². The van der Waals surface area contributed by atoms with E-state index in [-0.39, 0.29) is 31.8 Å². The van der Waals surface area contributed by atoms with Crippen molar-refractivity contribution >= 4 is 18.0 Å². The van der Waals surface area contributed by atoms with Gasteiger partial charge in [0.2, 0.25) is 5.91 Å². The Morgan fingerprint density at radius 1 is 1.06 bits per heavy atom. The van der Waals surface area contributed by atoms with Gasteiger partial charge in [0.05, 0.1) is 6.07 Å². The zero-order valence-electron chi connectivity index (χ0n) is 18.7. The number of benzene rings is 2. The van der Waals surface area contributed by atoms with Crippen molar-refractivity contribution in [3.63, 3.8) is 0 Å². The van der Waals surface area contributed by atoms with Crippen LogP contribution in [0.4, 0.5) is 4.79 Å². The van der Waals surface area contributed by atoms with E-state index < -0.39 is 30.1 Å². The van der Waals surface area contributed by atoms with Gasteiger partial charge in [-0.05, 0) is 41.5 Å². The zero-order chi connectivity index (χ0) is 24.5. The first-order valence-corrected chi connectivity index (χ1v) is 11.1. The van der Waals surface area contributed by atoms with Gasteiger partial charge in [0.25, 0.3) is 0 Å². The van der Waals surface area contributed by atoms with E-state index in [2.05, 4.69) is 17.2 Å². The zero-order valence-corrected chi connectivity index (χ0v) is 18.7. The fourth-order valence-electron chi connectivity index (χ4n) is 4.10. The van der Waals surface area contributed by atoms with Crippen LogP contribution in [0.15, 0.2) is 61.2 Å². The molecule has 0 spiro atoms. The Balaban J connectivity index is 1.66. The van der Waals surface area contributed by atoms with Gasteiger partial charge in [-0.15, -0.1) is 6.58 Å². The average molecular weight is 462 g/mol. The Labute approximate surface area is 198 Å². The van der Waals surface area contributed by atoms with E-state index in [9.17, 15) is 19.5 Å². The molecule has 0 radical (unpaired) electrons. The normalized spacial score (nSPS) is 13.5. The SMILES string of the molecule is C=CCC(NC(=O)C(CCCC#N)NC(=O)OCC1c2ccccc2-c2ccccc21)C(=O)O. The van der Waals surface area contributed by atoms with Gasteiger partial charge in [0, 0.05) is 12.3 Å². The molecule has 2 aromatic rings. The number of rotatable bonds is 11. The summed E-state index contributed by atoms with van der Waals surface area (Å²) in [6, 6.07) is 15.7. The molecule has 0 aromatic heterocycles. The number of unbranched alkanes of at least 4 members (excludes halogenated alkanes) is 1. The van der Waals surface area contributed by atoms with Crippen LogP contribution < -0.4 is 10.6 Å². The van der Waals surface area contributed by atoms with E-state index in [0.717, 1.165) is 22.3 Å². The Hall–Kier alpha value is -4.12. The fraction of sp³-hybridized carbons (Fsp3) is 0.308. The highest BCUT2D eigenvalue weighted by atomic mass is 16.5. The molecule has 1 aliphatic carbocycles. The van der Waals surface area contributed by atoms with Crippen LogP contribution in [0.1, 0.15) is 42.7 Å². The Morgan fingerprint density at radius 3 is 2.24 bits per heavy atom. The molecular weight excluding hydrogens is 434 g/mol. The molecule has 8 heteroatoms. The summed E-state index contributed by atoms with van der Waals surface area (Å²) in [5, 5.41) is 23.0. The van der Waals surface area contributed by atoms with Crippen molar-refractivity contribution in [3.8, 4) is 17.2 Å². The second-order valence-electron chi connectivity index (χ2n) is 8.00. The number of aliphatic carboxylic acids is 1. The molecule has 1 aliphatic rings. The number of amides is 2. The van der Waals surface area contributed by atoms with Crippen molar-refractivity contribution in [2.75, 3.05) is 6.61 Å². The van der Waals surface area contributed by atoms with Crippen molar-refractivity contribution in [1.82, 2.24) is 10.6 Å². The minimum Gasteiger partial charge on any atom is -0.480 e. The van der Waals surface area contributed by atoms with E-state index in [4.69, 9.17) is 10.00 Å². The van der Waals surface area contributed by atoms with Gasteiger partial charge in [-0.3, -0.25) is 4.79 Å². The highest BCUT2D eigenvalue weighted by Gasteiger charge is 2.30. The Morgan fingerprint density at radius 2 is 1.68 bits per heavy atom. The Kier molecular flexibility index (Phi) is 8.41. The second kappa shape index (κ2) is 11.7. The summed E-state index contributed by atoms with van der Waals surface area (Å²) in [7, 11) is 0. The van der Waals surface area contributed by atoms with Gasteiger partial charge >= 0.3 is 12.1 Å². The number of hydrogen-bond donors (Lipinski definition) is 3. The molecule has 2 aromatic carbocycles. The topological polar surface area (TPSA) is 129 Å². The first-order chi connectivity index (χ1) is 16.5. The molecule has 2 amide bonds. The van der Waals surface area contributed by atoms with Crippen LogP contribution in [0.25, 0.3) is 11.1 Å². The Bertz CT molecular complexity index is 1060. The third kappa shape index (κ3) is 5.81. The van der Waals surface area contributed by atoms with Gasteiger partial charge in [0.1, 0.15) is 18.7 Å². The van der Waals surface area contributed by atoms with Crippen molar-refractivity contribution < 1.29 is 24.2 Å². The summed E-state index contributed by atoms with van der Waals surface area (Å²) in [5.41, 5.74) is 4.33. The van der Waals surface area contributed by atoms with Crippen molar-refractivity contribution in [2.45, 2.75) is 43.7 Å². The summed E-state index contributed by atoms with van der Waals surface area (Å²) < 4.78 is 5.50. The van der Waals surface area contributed by atoms with Gasteiger partial charge < -0.3 is 20.5 Å². The lowest BCUT2D eigenvalue weighted by Crippen LogP contribution is -2.51. The lowest BCUT2D eigenvalue weighted by atomic mass is 9.98. The molecule has 3 N–H and O–H groups in total. The van der Waals surface area contributed by atoms with Crippen LogP contribution in [-0.4, -0.2) is 41.8 Å². The van der Waals surface area contributed by atoms with Gasteiger partial charge in [-0.25, -0.2) is 9.59 Å². The lowest BCUT2D eigenvalue weighted by Gasteiger charge is -2.21. The van der Waals surface area contributed by atoms with Crippen LogP contribution in [0.2, 0.25) is 0 Å². The number of alkyl carbamates (subject to hydrolysis) is 1. The first-order valence-electron chi connectivity index (χ1n) is 11.1. The summed E-state index contributed by atoms with van der Waals surface area (Å²) in [6.45, 7) is 3.58. The van der Waals surface area contributed by atoms with Crippen LogP contribution >= 0.6 is 0 Å². The molecule has 2 atom stereocenters. The van der Waals surface area contributed by atoms with E-state index in [1.807, 2.05) is 54.6 Å². The predicted octanol–water partition coefficient (Wildman–Crippen LogP) is 3.73. The highest BCUT2D eigenvalue weighted by Crippen LogP contribution is 2.44. The minimum absolute atomic E-state index is 0.0386. The number of nitriles is 1.